The molecular weight excluding hydrogens is 188 g/mol. The first-order valence-electron chi connectivity index (χ1n) is 5.79. The highest BCUT2D eigenvalue weighted by Crippen LogP contribution is 2.11. The Hall–Kier alpha value is -0.990. The lowest BCUT2D eigenvalue weighted by Crippen LogP contribution is -2.21. The number of H-pyrrole nitrogens is 1. The van der Waals surface area contributed by atoms with Crippen LogP contribution in [0.2, 0.25) is 0 Å². The van der Waals surface area contributed by atoms with Gasteiger partial charge in [0, 0.05) is 17.3 Å². The van der Waals surface area contributed by atoms with Crippen LogP contribution in [0, 0.1) is 5.92 Å². The number of hydrogen-bond acceptors (Lipinski definition) is 1. The van der Waals surface area contributed by atoms with E-state index in [2.05, 4.69) is 25.9 Å². The normalized spacial score (nSPS) is 11.7. The molecule has 0 atom stereocenters. The number of aromatic amines is 1. The largest absolute Gasteiger partial charge is 0.299 e. The summed E-state index contributed by atoms with van der Waals surface area (Å²) in [6.45, 7) is 10.4. The second kappa shape index (κ2) is 4.69. The summed E-state index contributed by atoms with van der Waals surface area (Å²) in [7, 11) is 0. The summed E-state index contributed by atoms with van der Waals surface area (Å²) in [5, 5.41) is 3.21. The summed E-state index contributed by atoms with van der Waals surface area (Å²) in [4.78, 5) is 12.1. The standard InChI is InChI=1S/C12H22N2O/c1-6-11-10(7-8(2)3)12(15)14(13-11)9(4)5/h8-9,13H,6-7H2,1-5H3. The molecule has 0 radical (unpaired) electrons. The number of aromatic nitrogens is 2. The van der Waals surface area contributed by atoms with Crippen LogP contribution >= 0.6 is 0 Å². The predicted molar refractivity (Wildman–Crippen MR) is 63.4 cm³/mol. The van der Waals surface area contributed by atoms with Crippen LogP contribution in [0.15, 0.2) is 4.79 Å². The van der Waals surface area contributed by atoms with Crippen molar-refractivity contribution in [2.45, 2.75) is 53.5 Å². The quantitative estimate of drug-likeness (QED) is 0.814. The summed E-state index contributed by atoms with van der Waals surface area (Å²) in [6.07, 6.45) is 1.77. The molecule has 3 heteroatoms. The van der Waals surface area contributed by atoms with Crippen LogP contribution in [0.5, 0.6) is 0 Å². The van der Waals surface area contributed by atoms with Gasteiger partial charge in [0.2, 0.25) is 0 Å². The topological polar surface area (TPSA) is 37.8 Å². The van der Waals surface area contributed by atoms with Gasteiger partial charge in [-0.1, -0.05) is 20.8 Å². The molecule has 0 aromatic carbocycles. The molecule has 86 valence electrons. The SMILES string of the molecule is CCc1[nH]n(C(C)C)c(=O)c1CC(C)C. The van der Waals surface area contributed by atoms with Gasteiger partial charge < -0.3 is 0 Å². The van der Waals surface area contributed by atoms with Gasteiger partial charge in [0.05, 0.1) is 0 Å². The minimum Gasteiger partial charge on any atom is -0.299 e. The number of rotatable bonds is 4. The fourth-order valence-electron chi connectivity index (χ4n) is 1.81. The molecule has 0 unspecified atom stereocenters. The third kappa shape index (κ3) is 2.52. The summed E-state index contributed by atoms with van der Waals surface area (Å²) in [5.41, 5.74) is 2.24. The van der Waals surface area contributed by atoms with E-state index in [0.29, 0.717) is 5.92 Å². The highest BCUT2D eigenvalue weighted by atomic mass is 16.1. The van der Waals surface area contributed by atoms with Crippen LogP contribution in [-0.2, 0) is 12.8 Å². The average Bonchev–Trinajstić information content (AvgIpc) is 2.43. The molecule has 1 heterocycles. The molecule has 15 heavy (non-hydrogen) atoms. The van der Waals surface area contributed by atoms with Gasteiger partial charge in [-0.3, -0.25) is 14.6 Å². The van der Waals surface area contributed by atoms with Crippen molar-refractivity contribution in [3.63, 3.8) is 0 Å². The van der Waals surface area contributed by atoms with Crippen LogP contribution in [-0.4, -0.2) is 9.78 Å². The first-order valence-corrected chi connectivity index (χ1v) is 5.79. The lowest BCUT2D eigenvalue weighted by molar-refractivity contribution is 0.511. The Morgan fingerprint density at radius 2 is 1.87 bits per heavy atom. The zero-order chi connectivity index (χ0) is 11.6. The van der Waals surface area contributed by atoms with Crippen molar-refractivity contribution in [1.82, 2.24) is 9.78 Å². The Bertz CT molecular complexity index is 371. The van der Waals surface area contributed by atoms with Gasteiger partial charge in [0.1, 0.15) is 0 Å². The first kappa shape index (κ1) is 12.1. The van der Waals surface area contributed by atoms with Crippen molar-refractivity contribution in [3.8, 4) is 0 Å². The van der Waals surface area contributed by atoms with Crippen molar-refractivity contribution in [2.24, 2.45) is 5.92 Å². The minimum absolute atomic E-state index is 0.163. The molecule has 0 spiro atoms. The van der Waals surface area contributed by atoms with Crippen molar-refractivity contribution in [2.75, 3.05) is 0 Å². The van der Waals surface area contributed by atoms with Gasteiger partial charge in [0.25, 0.3) is 5.56 Å². The van der Waals surface area contributed by atoms with Crippen molar-refractivity contribution < 1.29 is 0 Å². The van der Waals surface area contributed by atoms with Crippen molar-refractivity contribution in [1.29, 1.82) is 0 Å². The summed E-state index contributed by atoms with van der Waals surface area (Å²) in [5.74, 6) is 0.527. The molecule has 1 aromatic heterocycles. The van der Waals surface area contributed by atoms with Crippen LogP contribution in [0.3, 0.4) is 0 Å². The van der Waals surface area contributed by atoms with E-state index >= 15 is 0 Å². The number of hydrogen-bond donors (Lipinski definition) is 1. The van der Waals surface area contributed by atoms with Gasteiger partial charge in [-0.25, -0.2) is 0 Å². The molecule has 0 aliphatic heterocycles. The maximum Gasteiger partial charge on any atom is 0.270 e. The number of aryl methyl sites for hydroxylation is 1. The van der Waals surface area contributed by atoms with Crippen LogP contribution in [0.1, 0.15) is 51.9 Å². The number of nitrogens with one attached hydrogen (secondary N) is 1. The highest BCUT2D eigenvalue weighted by molar-refractivity contribution is 5.18. The fourth-order valence-corrected chi connectivity index (χ4v) is 1.81. The van der Waals surface area contributed by atoms with Gasteiger partial charge in [-0.15, -0.1) is 0 Å². The molecule has 0 saturated carbocycles. The smallest absolute Gasteiger partial charge is 0.270 e. The maximum absolute atomic E-state index is 12.1. The van der Waals surface area contributed by atoms with Gasteiger partial charge >= 0.3 is 0 Å². The monoisotopic (exact) mass is 210 g/mol. The molecule has 0 fully saturated rings. The Morgan fingerprint density at radius 3 is 2.27 bits per heavy atom. The number of nitrogens with zero attached hydrogens (tertiary/aromatic N) is 1. The van der Waals surface area contributed by atoms with Crippen molar-refractivity contribution >= 4 is 0 Å². The zero-order valence-corrected chi connectivity index (χ0v) is 10.4. The third-order valence-corrected chi connectivity index (χ3v) is 2.58. The lowest BCUT2D eigenvalue weighted by atomic mass is 10.0. The molecule has 0 amide bonds. The fraction of sp³-hybridized carbons (Fsp3) is 0.750. The van der Waals surface area contributed by atoms with E-state index in [4.69, 9.17) is 0 Å². The summed E-state index contributed by atoms with van der Waals surface area (Å²) < 4.78 is 1.73. The molecule has 0 bridgehead atoms. The molecule has 0 aliphatic rings. The lowest BCUT2D eigenvalue weighted by Gasteiger charge is -2.04. The third-order valence-electron chi connectivity index (χ3n) is 2.58. The van der Waals surface area contributed by atoms with Gasteiger partial charge in [0.15, 0.2) is 0 Å². The van der Waals surface area contributed by atoms with Gasteiger partial charge in [-0.2, -0.15) is 0 Å². The Labute approximate surface area is 91.5 Å². The van der Waals surface area contributed by atoms with Gasteiger partial charge in [-0.05, 0) is 32.6 Å². The molecule has 1 rings (SSSR count). The molecule has 1 aromatic rings. The second-order valence-corrected chi connectivity index (χ2v) is 4.79. The van der Waals surface area contributed by atoms with E-state index in [-0.39, 0.29) is 11.6 Å². The van der Waals surface area contributed by atoms with Crippen molar-refractivity contribution in [3.05, 3.63) is 21.6 Å². The Balaban J connectivity index is 3.18. The highest BCUT2D eigenvalue weighted by Gasteiger charge is 2.15. The molecule has 1 N–H and O–H groups in total. The Kier molecular flexibility index (Phi) is 3.77. The first-order chi connectivity index (χ1) is 6.97. The molecular formula is C12H22N2O. The molecule has 3 nitrogen and oxygen atoms in total. The van der Waals surface area contributed by atoms with E-state index in [9.17, 15) is 4.79 Å². The van der Waals surface area contributed by atoms with E-state index < -0.39 is 0 Å². The Morgan fingerprint density at radius 1 is 1.27 bits per heavy atom. The van der Waals surface area contributed by atoms with Crippen LogP contribution in [0.4, 0.5) is 0 Å². The minimum atomic E-state index is 0.163. The van der Waals surface area contributed by atoms with Crippen LogP contribution < -0.4 is 5.56 Å². The molecule has 0 aliphatic carbocycles. The van der Waals surface area contributed by atoms with E-state index in [1.165, 1.54) is 0 Å². The second-order valence-electron chi connectivity index (χ2n) is 4.79. The predicted octanol–water partition coefficient (Wildman–Crippen LogP) is 2.52. The van der Waals surface area contributed by atoms with E-state index in [1.54, 1.807) is 4.68 Å². The van der Waals surface area contributed by atoms with E-state index in [1.807, 2.05) is 13.8 Å². The summed E-state index contributed by atoms with van der Waals surface area (Å²) in [6, 6.07) is 0.212. The summed E-state index contributed by atoms with van der Waals surface area (Å²) >= 11 is 0. The van der Waals surface area contributed by atoms with Crippen LogP contribution in [0.25, 0.3) is 0 Å². The average molecular weight is 210 g/mol. The zero-order valence-electron chi connectivity index (χ0n) is 10.4. The molecule has 0 saturated heterocycles. The maximum atomic E-state index is 12.1. The van der Waals surface area contributed by atoms with E-state index in [0.717, 1.165) is 24.1 Å².